The summed E-state index contributed by atoms with van der Waals surface area (Å²) in [5.74, 6) is 0.835. The second-order valence-corrected chi connectivity index (χ2v) is 6.08. The predicted molar refractivity (Wildman–Crippen MR) is 86.4 cm³/mol. The number of hydrogen-bond acceptors (Lipinski definition) is 3. The minimum absolute atomic E-state index is 0.258. The smallest absolute Gasteiger partial charge is 0.131 e. The zero-order chi connectivity index (χ0) is 15.4. The number of benzene rings is 1. The van der Waals surface area contributed by atoms with Crippen molar-refractivity contribution < 1.29 is 9.84 Å². The van der Waals surface area contributed by atoms with Crippen LogP contribution in [0.5, 0.6) is 5.75 Å². The summed E-state index contributed by atoms with van der Waals surface area (Å²) < 4.78 is 8.64. The van der Waals surface area contributed by atoms with Crippen molar-refractivity contribution in [3.8, 4) is 5.75 Å². The van der Waals surface area contributed by atoms with Gasteiger partial charge in [-0.2, -0.15) is 5.10 Å². The van der Waals surface area contributed by atoms with Crippen molar-refractivity contribution in [2.75, 3.05) is 0 Å². The van der Waals surface area contributed by atoms with E-state index in [2.05, 4.69) is 21.0 Å². The molecule has 0 aliphatic carbocycles. The highest BCUT2D eigenvalue weighted by Gasteiger charge is 2.11. The number of nitrogens with zero attached hydrogens (tertiary/aromatic N) is 2. The summed E-state index contributed by atoms with van der Waals surface area (Å²) in [6, 6.07) is 8.02. The number of aromatic nitrogens is 2. The van der Waals surface area contributed by atoms with Crippen LogP contribution in [0.25, 0.3) is 0 Å². The van der Waals surface area contributed by atoms with Gasteiger partial charge in [-0.05, 0) is 60.3 Å². The maximum Gasteiger partial charge on any atom is 0.131 e. The first-order valence-electron chi connectivity index (χ1n) is 7.05. The molecule has 1 aromatic carbocycles. The number of ether oxygens (including phenoxy) is 1. The summed E-state index contributed by atoms with van der Waals surface area (Å²) in [5.41, 5.74) is 3.19. The molecular formula is C16H21BrN2O2. The summed E-state index contributed by atoms with van der Waals surface area (Å²) in [4.78, 5) is 0. The first kappa shape index (κ1) is 16.0. The largest absolute Gasteiger partial charge is 0.487 e. The lowest BCUT2D eigenvalue weighted by Gasteiger charge is -2.09. The summed E-state index contributed by atoms with van der Waals surface area (Å²) in [6.45, 7) is 4.25. The van der Waals surface area contributed by atoms with Gasteiger partial charge >= 0.3 is 0 Å². The molecule has 0 fully saturated rings. The zero-order valence-electron chi connectivity index (χ0n) is 12.6. The molecule has 0 saturated carbocycles. The molecule has 0 aliphatic rings. The molecule has 1 unspecified atom stereocenters. The van der Waals surface area contributed by atoms with Crippen molar-refractivity contribution in [1.29, 1.82) is 0 Å². The van der Waals surface area contributed by atoms with Gasteiger partial charge in [-0.15, -0.1) is 0 Å². The second kappa shape index (κ2) is 7.09. The molecule has 5 heteroatoms. The summed E-state index contributed by atoms with van der Waals surface area (Å²) >= 11 is 3.53. The Hall–Kier alpha value is -1.33. The molecule has 114 valence electrons. The van der Waals surface area contributed by atoms with Crippen molar-refractivity contribution >= 4 is 15.9 Å². The number of hydrogen-bond donors (Lipinski definition) is 1. The lowest BCUT2D eigenvalue weighted by Crippen LogP contribution is -2.04. The lowest BCUT2D eigenvalue weighted by atomic mass is 10.1. The van der Waals surface area contributed by atoms with Crippen LogP contribution in [0, 0.1) is 6.92 Å². The highest BCUT2D eigenvalue weighted by Crippen LogP contribution is 2.22. The monoisotopic (exact) mass is 352 g/mol. The highest BCUT2D eigenvalue weighted by molar-refractivity contribution is 9.10. The number of halogens is 1. The Morgan fingerprint density at radius 2 is 2.00 bits per heavy atom. The molecule has 1 N–H and O–H groups in total. The Morgan fingerprint density at radius 1 is 1.33 bits per heavy atom. The number of rotatable bonds is 6. The van der Waals surface area contributed by atoms with E-state index >= 15 is 0 Å². The number of aryl methyl sites for hydroxylation is 3. The summed E-state index contributed by atoms with van der Waals surface area (Å²) in [5, 5.41) is 13.6. The van der Waals surface area contributed by atoms with Crippen molar-refractivity contribution in [2.45, 2.75) is 39.4 Å². The van der Waals surface area contributed by atoms with Gasteiger partial charge in [0.2, 0.25) is 0 Å². The average Bonchev–Trinajstić information content (AvgIpc) is 2.69. The molecule has 0 bridgehead atoms. The molecule has 0 radical (unpaired) electrons. The van der Waals surface area contributed by atoms with Crippen molar-refractivity contribution in [3.05, 3.63) is 45.7 Å². The quantitative estimate of drug-likeness (QED) is 0.866. The van der Waals surface area contributed by atoms with Crippen LogP contribution in [-0.2, 0) is 20.1 Å². The molecule has 0 aliphatic heterocycles. The Morgan fingerprint density at radius 3 is 2.52 bits per heavy atom. The van der Waals surface area contributed by atoms with Crippen LogP contribution in [0.3, 0.4) is 0 Å². The van der Waals surface area contributed by atoms with Gasteiger partial charge in [-0.3, -0.25) is 4.68 Å². The molecule has 4 nitrogen and oxygen atoms in total. The molecule has 0 amide bonds. The minimum Gasteiger partial charge on any atom is -0.487 e. The number of aliphatic hydroxyl groups excluding tert-OH is 1. The van der Waals surface area contributed by atoms with E-state index in [1.165, 1.54) is 5.56 Å². The Bertz CT molecular complexity index is 591. The van der Waals surface area contributed by atoms with E-state index in [9.17, 15) is 5.11 Å². The fourth-order valence-corrected chi connectivity index (χ4v) is 2.57. The van der Waals surface area contributed by atoms with Gasteiger partial charge in [0.1, 0.15) is 12.4 Å². The molecule has 2 aromatic rings. The topological polar surface area (TPSA) is 47.3 Å². The van der Waals surface area contributed by atoms with Gasteiger partial charge in [0, 0.05) is 7.05 Å². The van der Waals surface area contributed by atoms with E-state index in [1.54, 1.807) is 0 Å². The van der Waals surface area contributed by atoms with E-state index < -0.39 is 0 Å². The minimum atomic E-state index is -0.258. The van der Waals surface area contributed by atoms with Crippen LogP contribution in [0.15, 0.2) is 28.7 Å². The van der Waals surface area contributed by atoms with E-state index in [-0.39, 0.29) is 6.10 Å². The fourth-order valence-electron chi connectivity index (χ4n) is 2.12. The maximum atomic E-state index is 9.30. The van der Waals surface area contributed by atoms with Crippen LogP contribution in [0.2, 0.25) is 0 Å². The third-order valence-electron chi connectivity index (χ3n) is 3.41. The van der Waals surface area contributed by atoms with Crippen molar-refractivity contribution in [2.24, 2.45) is 7.05 Å². The van der Waals surface area contributed by atoms with Gasteiger partial charge < -0.3 is 9.84 Å². The SMILES string of the molecule is Cc1nn(C)c(COc2ccc(CCC(C)O)cc2)c1Br. The van der Waals surface area contributed by atoms with Crippen LogP contribution in [-0.4, -0.2) is 21.0 Å². The van der Waals surface area contributed by atoms with Crippen LogP contribution < -0.4 is 4.74 Å². The van der Waals surface area contributed by atoms with Crippen LogP contribution in [0.4, 0.5) is 0 Å². The molecule has 21 heavy (non-hydrogen) atoms. The standard InChI is InChI=1S/C16H21BrN2O2/c1-11(20)4-5-13-6-8-14(9-7-13)21-10-15-16(17)12(2)18-19(15)3/h6-9,11,20H,4-5,10H2,1-3H3. The lowest BCUT2D eigenvalue weighted by molar-refractivity contribution is 0.185. The summed E-state index contributed by atoms with van der Waals surface area (Å²) in [7, 11) is 1.91. The van der Waals surface area contributed by atoms with E-state index in [0.717, 1.165) is 34.5 Å². The van der Waals surface area contributed by atoms with Gasteiger partial charge in [0.05, 0.1) is 22.0 Å². The molecule has 2 rings (SSSR count). The maximum absolute atomic E-state index is 9.30. The third kappa shape index (κ3) is 4.32. The Kier molecular flexibility index (Phi) is 5.42. The normalized spacial score (nSPS) is 12.4. The first-order valence-corrected chi connectivity index (χ1v) is 7.84. The molecule has 0 spiro atoms. The van der Waals surface area contributed by atoms with Crippen LogP contribution >= 0.6 is 15.9 Å². The van der Waals surface area contributed by atoms with Gasteiger partial charge in [-0.25, -0.2) is 0 Å². The molecule has 1 aromatic heterocycles. The molecule has 1 heterocycles. The third-order valence-corrected chi connectivity index (χ3v) is 4.44. The zero-order valence-corrected chi connectivity index (χ0v) is 14.2. The van der Waals surface area contributed by atoms with E-state index in [0.29, 0.717) is 6.61 Å². The van der Waals surface area contributed by atoms with Gasteiger partial charge in [0.25, 0.3) is 0 Å². The average molecular weight is 353 g/mol. The van der Waals surface area contributed by atoms with Crippen molar-refractivity contribution in [1.82, 2.24) is 9.78 Å². The Labute approximate surface area is 133 Å². The van der Waals surface area contributed by atoms with Crippen molar-refractivity contribution in [3.63, 3.8) is 0 Å². The highest BCUT2D eigenvalue weighted by atomic mass is 79.9. The van der Waals surface area contributed by atoms with Gasteiger partial charge in [-0.1, -0.05) is 12.1 Å². The van der Waals surface area contributed by atoms with E-state index in [4.69, 9.17) is 4.74 Å². The fraction of sp³-hybridized carbons (Fsp3) is 0.438. The predicted octanol–water partition coefficient (Wildman–Crippen LogP) is 3.38. The first-order chi connectivity index (χ1) is 9.97. The number of aliphatic hydroxyl groups is 1. The Balaban J connectivity index is 1.94. The van der Waals surface area contributed by atoms with Gasteiger partial charge in [0.15, 0.2) is 0 Å². The molecule has 1 atom stereocenters. The van der Waals surface area contributed by atoms with E-state index in [1.807, 2.05) is 49.8 Å². The van der Waals surface area contributed by atoms with Crippen LogP contribution in [0.1, 0.15) is 30.3 Å². The molecule has 0 saturated heterocycles. The second-order valence-electron chi connectivity index (χ2n) is 5.29. The summed E-state index contributed by atoms with van der Waals surface area (Å²) in [6.07, 6.45) is 1.40. The molecular weight excluding hydrogens is 332 g/mol.